The number of benzene rings is 3. The summed E-state index contributed by atoms with van der Waals surface area (Å²) in [4.78, 5) is 27.3. The maximum atomic E-state index is 13.1. The van der Waals surface area contributed by atoms with Crippen LogP contribution in [-0.4, -0.2) is 44.0 Å². The molecule has 162 valence electrons. The zero-order valence-corrected chi connectivity index (χ0v) is 18.3. The molecule has 0 spiro atoms. The van der Waals surface area contributed by atoms with E-state index < -0.39 is 0 Å². The van der Waals surface area contributed by atoms with Crippen molar-refractivity contribution in [2.45, 2.75) is 19.8 Å². The Hall–Kier alpha value is -3.54. The molecule has 0 saturated heterocycles. The Labute approximate surface area is 182 Å². The smallest absolute Gasteiger partial charge is 0.244 e. The molecule has 3 rings (SSSR count). The minimum atomic E-state index is -0.370. The molecular formula is C25H28N2O4. The highest BCUT2D eigenvalue weighted by Gasteiger charge is 2.23. The predicted octanol–water partition coefficient (Wildman–Crippen LogP) is 4.45. The topological polar surface area (TPSA) is 67.9 Å². The van der Waals surface area contributed by atoms with E-state index in [4.69, 9.17) is 9.47 Å². The number of hydrogen-bond acceptors (Lipinski definition) is 4. The molecule has 6 nitrogen and oxygen atoms in total. The molecule has 6 heteroatoms. The van der Waals surface area contributed by atoms with Gasteiger partial charge in [0.25, 0.3) is 0 Å². The van der Waals surface area contributed by atoms with E-state index in [9.17, 15) is 9.59 Å². The number of amides is 2. The summed E-state index contributed by atoms with van der Waals surface area (Å²) in [5, 5.41) is 4.91. The largest absolute Gasteiger partial charge is 0.497 e. The van der Waals surface area contributed by atoms with Gasteiger partial charge in [-0.1, -0.05) is 36.4 Å². The molecule has 0 aliphatic rings. The summed E-state index contributed by atoms with van der Waals surface area (Å²) in [5.74, 6) is 0.641. The van der Waals surface area contributed by atoms with Crippen LogP contribution in [0.15, 0.2) is 60.7 Å². The van der Waals surface area contributed by atoms with Crippen molar-refractivity contribution >= 4 is 28.3 Å². The first kappa shape index (κ1) is 22.2. The highest BCUT2D eigenvalue weighted by atomic mass is 16.5. The molecule has 1 atom stereocenters. The quantitative estimate of drug-likeness (QED) is 0.585. The van der Waals surface area contributed by atoms with Gasteiger partial charge in [-0.25, -0.2) is 0 Å². The van der Waals surface area contributed by atoms with E-state index in [1.54, 1.807) is 31.3 Å². The fourth-order valence-electron chi connectivity index (χ4n) is 3.51. The number of hydrogen-bond donors (Lipinski definition) is 1. The Morgan fingerprint density at radius 2 is 1.68 bits per heavy atom. The van der Waals surface area contributed by atoms with Crippen molar-refractivity contribution in [2.75, 3.05) is 32.6 Å². The van der Waals surface area contributed by atoms with Crippen molar-refractivity contribution in [3.05, 3.63) is 66.2 Å². The van der Waals surface area contributed by atoms with Crippen LogP contribution < -0.4 is 14.8 Å². The Balaban J connectivity index is 1.72. The Bertz CT molecular complexity index is 1080. The Kier molecular flexibility index (Phi) is 7.13. The van der Waals surface area contributed by atoms with E-state index in [0.29, 0.717) is 18.0 Å². The number of nitrogens with one attached hydrogen (secondary N) is 1. The van der Waals surface area contributed by atoms with Crippen LogP contribution in [0.1, 0.15) is 25.3 Å². The first-order chi connectivity index (χ1) is 15.0. The third-order valence-corrected chi connectivity index (χ3v) is 5.35. The molecule has 0 bridgehead atoms. The Morgan fingerprint density at radius 1 is 0.968 bits per heavy atom. The van der Waals surface area contributed by atoms with Crippen LogP contribution in [0, 0.1) is 0 Å². The zero-order chi connectivity index (χ0) is 22.4. The number of ether oxygens (including phenoxy) is 2. The van der Waals surface area contributed by atoms with Gasteiger partial charge in [-0.15, -0.1) is 0 Å². The molecule has 0 radical (unpaired) electrons. The predicted molar refractivity (Wildman–Crippen MR) is 123 cm³/mol. The molecule has 3 aromatic carbocycles. The first-order valence-electron chi connectivity index (χ1n) is 10.3. The van der Waals surface area contributed by atoms with Gasteiger partial charge in [-0.2, -0.15) is 0 Å². The molecule has 3 aromatic rings. The van der Waals surface area contributed by atoms with Gasteiger partial charge in [0.1, 0.15) is 11.5 Å². The molecule has 0 fully saturated rings. The van der Waals surface area contributed by atoms with Gasteiger partial charge in [0.05, 0.1) is 32.4 Å². The number of carbonyl (C=O) groups is 2. The molecule has 0 unspecified atom stereocenters. The van der Waals surface area contributed by atoms with Crippen LogP contribution in [0.4, 0.5) is 5.69 Å². The summed E-state index contributed by atoms with van der Waals surface area (Å²) in [7, 11) is 3.19. The minimum Gasteiger partial charge on any atom is -0.497 e. The van der Waals surface area contributed by atoms with Crippen molar-refractivity contribution in [3.63, 3.8) is 0 Å². The maximum Gasteiger partial charge on any atom is 0.244 e. The second-order valence-electron chi connectivity index (χ2n) is 7.30. The first-order valence-corrected chi connectivity index (χ1v) is 10.3. The van der Waals surface area contributed by atoms with Crippen LogP contribution in [-0.2, 0) is 9.59 Å². The number of methoxy groups -OCH3 is 2. The van der Waals surface area contributed by atoms with Crippen LogP contribution in [0.2, 0.25) is 0 Å². The highest BCUT2D eigenvalue weighted by Crippen LogP contribution is 2.26. The lowest BCUT2D eigenvalue weighted by Gasteiger charge is -2.24. The number of fused-ring (bicyclic) bond motifs is 1. The number of para-hydroxylation sites is 2. The summed E-state index contributed by atoms with van der Waals surface area (Å²) >= 11 is 0. The SMILES string of the molecule is CCN(CC(=O)Nc1ccccc1OC)C(=O)[C@@H](C)c1ccc2cc(OC)ccc2c1. The standard InChI is InChI=1S/C25H28N2O4/c1-5-27(16-24(28)26-22-8-6-7-9-23(22)31-4)25(29)17(2)18-10-11-20-15-21(30-3)13-12-19(20)14-18/h6-15,17H,5,16H2,1-4H3,(H,26,28)/t17-/m0/s1. The van der Waals surface area contributed by atoms with Crippen LogP contribution >= 0.6 is 0 Å². The summed E-state index contributed by atoms with van der Waals surface area (Å²) in [6.07, 6.45) is 0. The molecule has 1 N–H and O–H groups in total. The normalized spacial score (nSPS) is 11.6. The number of anilines is 1. The van der Waals surface area contributed by atoms with Gasteiger partial charge in [0.2, 0.25) is 11.8 Å². The molecule has 31 heavy (non-hydrogen) atoms. The molecule has 0 aliphatic heterocycles. The monoisotopic (exact) mass is 420 g/mol. The average Bonchev–Trinajstić information content (AvgIpc) is 2.81. The molecule has 0 saturated carbocycles. The van der Waals surface area contributed by atoms with Gasteiger partial charge in [-0.3, -0.25) is 9.59 Å². The lowest BCUT2D eigenvalue weighted by Crippen LogP contribution is -2.40. The molecule has 2 amide bonds. The lowest BCUT2D eigenvalue weighted by molar-refractivity contribution is -0.135. The lowest BCUT2D eigenvalue weighted by atomic mass is 9.96. The summed E-state index contributed by atoms with van der Waals surface area (Å²) in [5.41, 5.74) is 1.49. The van der Waals surface area contributed by atoms with Crippen molar-refractivity contribution in [1.82, 2.24) is 4.90 Å². The van der Waals surface area contributed by atoms with Gasteiger partial charge < -0.3 is 19.7 Å². The van der Waals surface area contributed by atoms with E-state index in [-0.39, 0.29) is 24.3 Å². The Morgan fingerprint density at radius 3 is 2.39 bits per heavy atom. The number of carbonyl (C=O) groups excluding carboxylic acids is 2. The molecule has 0 heterocycles. The zero-order valence-electron chi connectivity index (χ0n) is 18.3. The van der Waals surface area contributed by atoms with Gasteiger partial charge >= 0.3 is 0 Å². The summed E-state index contributed by atoms with van der Waals surface area (Å²) in [6, 6.07) is 19.0. The van der Waals surface area contributed by atoms with Gasteiger partial charge in [-0.05, 0) is 54.4 Å². The van der Waals surface area contributed by atoms with E-state index >= 15 is 0 Å². The fourth-order valence-corrected chi connectivity index (χ4v) is 3.51. The maximum absolute atomic E-state index is 13.1. The number of likely N-dealkylation sites (N-methyl/N-ethyl adjacent to an activating group) is 1. The second kappa shape index (κ2) is 9.98. The molecule has 0 aromatic heterocycles. The van der Waals surface area contributed by atoms with Crippen LogP contribution in [0.25, 0.3) is 10.8 Å². The van der Waals surface area contributed by atoms with Crippen molar-refractivity contribution in [2.24, 2.45) is 0 Å². The highest BCUT2D eigenvalue weighted by molar-refractivity contribution is 5.96. The van der Waals surface area contributed by atoms with E-state index in [0.717, 1.165) is 22.1 Å². The van der Waals surface area contributed by atoms with Crippen molar-refractivity contribution < 1.29 is 19.1 Å². The van der Waals surface area contributed by atoms with Crippen LogP contribution in [0.3, 0.4) is 0 Å². The average molecular weight is 421 g/mol. The van der Waals surface area contributed by atoms with Gasteiger partial charge in [0, 0.05) is 6.54 Å². The van der Waals surface area contributed by atoms with Crippen molar-refractivity contribution in [3.8, 4) is 11.5 Å². The van der Waals surface area contributed by atoms with Crippen LogP contribution in [0.5, 0.6) is 11.5 Å². The minimum absolute atomic E-state index is 0.0253. The van der Waals surface area contributed by atoms with E-state index in [1.165, 1.54) is 0 Å². The third-order valence-electron chi connectivity index (χ3n) is 5.35. The summed E-state index contributed by atoms with van der Waals surface area (Å²) in [6.45, 7) is 4.15. The number of rotatable bonds is 8. The van der Waals surface area contributed by atoms with E-state index in [2.05, 4.69) is 5.32 Å². The molecule has 0 aliphatic carbocycles. The fraction of sp³-hybridized carbons (Fsp3) is 0.280. The van der Waals surface area contributed by atoms with Gasteiger partial charge in [0.15, 0.2) is 0 Å². The molecular weight excluding hydrogens is 392 g/mol. The second-order valence-corrected chi connectivity index (χ2v) is 7.30. The summed E-state index contributed by atoms with van der Waals surface area (Å²) < 4.78 is 10.5. The van der Waals surface area contributed by atoms with E-state index in [1.807, 2.05) is 62.4 Å². The van der Waals surface area contributed by atoms with Crippen molar-refractivity contribution in [1.29, 1.82) is 0 Å². The third kappa shape index (κ3) is 5.15. The number of nitrogens with zero attached hydrogens (tertiary/aromatic N) is 1.